The number of methoxy groups -OCH3 is 2. The monoisotopic (exact) mass is 356 g/mol. The van der Waals surface area contributed by atoms with Crippen molar-refractivity contribution >= 4 is 12.4 Å². The van der Waals surface area contributed by atoms with Gasteiger partial charge in [-0.15, -0.1) is 0 Å². The summed E-state index contributed by atoms with van der Waals surface area (Å²) >= 11 is 0. The molecule has 1 aliphatic carbocycles. The van der Waals surface area contributed by atoms with Gasteiger partial charge in [0.15, 0.2) is 11.5 Å². The van der Waals surface area contributed by atoms with Gasteiger partial charge in [-0.25, -0.2) is 0 Å². The van der Waals surface area contributed by atoms with E-state index in [9.17, 15) is 20.1 Å². The van der Waals surface area contributed by atoms with Crippen LogP contribution in [-0.4, -0.2) is 42.4 Å². The summed E-state index contributed by atoms with van der Waals surface area (Å²) in [6.07, 6.45) is 2.67. The molecule has 0 bridgehead atoms. The van der Waals surface area contributed by atoms with Crippen LogP contribution >= 0.6 is 0 Å². The van der Waals surface area contributed by atoms with Gasteiger partial charge in [0.1, 0.15) is 12.0 Å². The quantitative estimate of drug-likeness (QED) is 0.562. The van der Waals surface area contributed by atoms with Crippen LogP contribution in [0, 0.1) is 0 Å². The fourth-order valence-electron chi connectivity index (χ4n) is 3.44. The molecule has 136 valence electrons. The van der Waals surface area contributed by atoms with Crippen molar-refractivity contribution in [2.24, 2.45) is 0 Å². The predicted molar refractivity (Wildman–Crippen MR) is 96.5 cm³/mol. The fraction of sp³-hybridized carbons (Fsp3) is 0.250. The van der Waals surface area contributed by atoms with E-state index in [1.165, 1.54) is 26.4 Å². The number of allylic oxidation sites excluding steroid dienone is 1. The van der Waals surface area contributed by atoms with Gasteiger partial charge in [0.25, 0.3) is 0 Å². The normalized spacial score (nSPS) is 18.3. The molecular formula is C20H20O6. The van der Waals surface area contributed by atoms with Crippen LogP contribution in [0.3, 0.4) is 0 Å². The molecule has 26 heavy (non-hydrogen) atoms. The van der Waals surface area contributed by atoms with Crippen LogP contribution < -0.4 is 9.47 Å². The van der Waals surface area contributed by atoms with E-state index in [4.69, 9.17) is 9.47 Å². The van der Waals surface area contributed by atoms with Crippen molar-refractivity contribution in [2.75, 3.05) is 20.8 Å². The molecule has 6 nitrogen and oxygen atoms in total. The average Bonchev–Trinajstić information content (AvgIpc) is 2.65. The van der Waals surface area contributed by atoms with Crippen LogP contribution in [0.2, 0.25) is 0 Å². The smallest absolute Gasteiger partial charge is 0.160 e. The van der Waals surface area contributed by atoms with Gasteiger partial charge in [0.2, 0.25) is 0 Å². The molecule has 2 atom stereocenters. The highest BCUT2D eigenvalue weighted by atomic mass is 16.5. The van der Waals surface area contributed by atoms with Gasteiger partial charge in [-0.1, -0.05) is 12.1 Å². The molecular weight excluding hydrogens is 336 g/mol. The summed E-state index contributed by atoms with van der Waals surface area (Å²) in [6, 6.07) is 6.65. The Hall–Kier alpha value is -2.83. The van der Waals surface area contributed by atoms with E-state index in [0.717, 1.165) is 0 Å². The Bertz CT molecular complexity index is 871. The molecule has 0 saturated heterocycles. The van der Waals surface area contributed by atoms with Crippen molar-refractivity contribution in [3.05, 3.63) is 47.0 Å². The lowest BCUT2D eigenvalue weighted by molar-refractivity contribution is -0.104. The van der Waals surface area contributed by atoms with Crippen molar-refractivity contribution in [2.45, 2.75) is 12.0 Å². The number of phenolic OH excluding ortho intramolecular Hbond substituents is 1. The van der Waals surface area contributed by atoms with E-state index in [0.29, 0.717) is 39.9 Å². The molecule has 2 aromatic rings. The Morgan fingerprint density at radius 2 is 1.81 bits per heavy atom. The number of aldehydes is 1. The van der Waals surface area contributed by atoms with Crippen molar-refractivity contribution in [3.8, 4) is 28.4 Å². The van der Waals surface area contributed by atoms with Crippen LogP contribution in [0.25, 0.3) is 17.2 Å². The van der Waals surface area contributed by atoms with E-state index in [-0.39, 0.29) is 18.1 Å². The molecule has 0 amide bonds. The Balaban J connectivity index is 2.33. The molecule has 0 heterocycles. The van der Waals surface area contributed by atoms with E-state index in [1.807, 2.05) is 0 Å². The maximum absolute atomic E-state index is 10.8. The van der Waals surface area contributed by atoms with Gasteiger partial charge >= 0.3 is 0 Å². The van der Waals surface area contributed by atoms with Gasteiger partial charge < -0.3 is 24.8 Å². The van der Waals surface area contributed by atoms with Crippen LogP contribution in [0.1, 0.15) is 28.7 Å². The second kappa shape index (κ2) is 7.19. The van der Waals surface area contributed by atoms with Gasteiger partial charge in [-0.2, -0.15) is 0 Å². The zero-order valence-corrected chi connectivity index (χ0v) is 14.5. The lowest BCUT2D eigenvalue weighted by atomic mass is 9.75. The number of carbonyl (C=O) groups excluding carboxylic acids is 1. The first-order valence-electron chi connectivity index (χ1n) is 8.09. The van der Waals surface area contributed by atoms with Gasteiger partial charge in [-0.05, 0) is 46.5 Å². The van der Waals surface area contributed by atoms with Crippen LogP contribution in [-0.2, 0) is 4.79 Å². The maximum atomic E-state index is 10.8. The highest BCUT2D eigenvalue weighted by Gasteiger charge is 2.35. The molecule has 3 rings (SSSR count). The van der Waals surface area contributed by atoms with Crippen LogP contribution in [0.15, 0.2) is 30.3 Å². The highest BCUT2D eigenvalue weighted by molar-refractivity contribution is 5.84. The van der Waals surface area contributed by atoms with E-state index in [1.54, 1.807) is 24.3 Å². The fourth-order valence-corrected chi connectivity index (χ4v) is 3.44. The molecule has 0 fully saturated rings. The number of aromatic hydroxyl groups is 1. The molecule has 0 radical (unpaired) electrons. The van der Waals surface area contributed by atoms with Crippen LogP contribution in [0.5, 0.6) is 17.2 Å². The summed E-state index contributed by atoms with van der Waals surface area (Å²) in [6.45, 7) is -0.277. The highest BCUT2D eigenvalue weighted by Crippen LogP contribution is 2.52. The second-order valence-electron chi connectivity index (χ2n) is 6.03. The number of benzene rings is 2. The molecule has 0 spiro atoms. The minimum Gasteiger partial charge on any atom is -0.504 e. The average molecular weight is 356 g/mol. The Labute approximate surface area is 150 Å². The largest absolute Gasteiger partial charge is 0.504 e. The van der Waals surface area contributed by atoms with Crippen molar-refractivity contribution in [3.63, 3.8) is 0 Å². The summed E-state index contributed by atoms with van der Waals surface area (Å²) in [4.78, 5) is 10.6. The zero-order chi connectivity index (χ0) is 18.8. The van der Waals surface area contributed by atoms with Gasteiger partial charge in [0, 0.05) is 11.5 Å². The number of rotatable bonds is 5. The number of hydrogen-bond donors (Lipinski definition) is 3. The number of phenols is 1. The Morgan fingerprint density at radius 1 is 1.08 bits per heavy atom. The number of hydrogen-bond acceptors (Lipinski definition) is 6. The van der Waals surface area contributed by atoms with E-state index >= 15 is 0 Å². The molecule has 6 heteroatoms. The molecule has 0 aliphatic heterocycles. The van der Waals surface area contributed by atoms with Gasteiger partial charge in [-0.3, -0.25) is 4.79 Å². The molecule has 3 N–H and O–H groups in total. The lowest BCUT2D eigenvalue weighted by Gasteiger charge is -2.33. The zero-order valence-electron chi connectivity index (χ0n) is 14.5. The second-order valence-corrected chi connectivity index (χ2v) is 6.03. The molecule has 0 unspecified atom stereocenters. The molecule has 0 aromatic heterocycles. The molecule has 2 aromatic carbocycles. The van der Waals surface area contributed by atoms with E-state index in [2.05, 4.69) is 0 Å². The molecule has 1 aliphatic rings. The van der Waals surface area contributed by atoms with Crippen LogP contribution in [0.4, 0.5) is 0 Å². The van der Waals surface area contributed by atoms with Crippen molar-refractivity contribution in [1.29, 1.82) is 0 Å². The first kappa shape index (κ1) is 18.0. The first-order chi connectivity index (χ1) is 12.5. The van der Waals surface area contributed by atoms with E-state index < -0.39 is 12.0 Å². The number of carbonyl (C=O) groups is 1. The minimum absolute atomic E-state index is 0.0566. The third-order valence-corrected chi connectivity index (χ3v) is 4.66. The Morgan fingerprint density at radius 3 is 2.42 bits per heavy atom. The summed E-state index contributed by atoms with van der Waals surface area (Å²) in [5.41, 5.74) is 3.23. The Kier molecular flexibility index (Phi) is 4.97. The number of aliphatic hydroxyl groups excluding tert-OH is 2. The summed E-state index contributed by atoms with van der Waals surface area (Å²) < 4.78 is 10.7. The first-order valence-corrected chi connectivity index (χ1v) is 8.09. The maximum Gasteiger partial charge on any atom is 0.160 e. The minimum atomic E-state index is -0.980. The van der Waals surface area contributed by atoms with Gasteiger partial charge in [0.05, 0.1) is 26.9 Å². The third kappa shape index (κ3) is 2.83. The standard InChI is InChI=1S/C20H20O6/c1-25-17-9-14-13(8-16(17)23)19-12(15(10-22)20(14)24)6-11(4-3-5-21)7-18(19)26-2/h3-9,15,20,22-24H,10H2,1-2H3/b4-3+/t15-,20-/m1/s1. The number of ether oxygens (including phenoxy) is 2. The predicted octanol–water partition coefficient (Wildman–Crippen LogP) is 2.41. The topological polar surface area (TPSA) is 96.2 Å². The van der Waals surface area contributed by atoms with Crippen molar-refractivity contribution in [1.82, 2.24) is 0 Å². The third-order valence-electron chi connectivity index (χ3n) is 4.66. The lowest BCUT2D eigenvalue weighted by Crippen LogP contribution is -2.21. The molecule has 0 saturated carbocycles. The summed E-state index contributed by atoms with van der Waals surface area (Å²) in [7, 11) is 2.95. The summed E-state index contributed by atoms with van der Waals surface area (Å²) in [5.74, 6) is 0.126. The summed E-state index contributed by atoms with van der Waals surface area (Å²) in [5, 5.41) is 30.9. The SMILES string of the molecule is COc1cc2c(cc1O)-c1c(OC)cc(/C=C/C=O)cc1[C@@H](CO)[C@@H]2O. The number of aliphatic hydroxyl groups is 2. The van der Waals surface area contributed by atoms with Crippen molar-refractivity contribution < 1.29 is 29.6 Å². The number of fused-ring (bicyclic) bond motifs is 3.